The molecule has 2 bridgehead atoms. The van der Waals surface area contributed by atoms with E-state index < -0.39 is 5.41 Å². The highest BCUT2D eigenvalue weighted by Gasteiger charge is 2.80. The summed E-state index contributed by atoms with van der Waals surface area (Å²) in [5.41, 5.74) is -0.683. The highest BCUT2D eigenvalue weighted by Crippen LogP contribution is 2.68. The SMILES string of the molecule is CCOC(=O)[C@]12C3C=CC(C3)C1C(=O)C1OC12. The summed E-state index contributed by atoms with van der Waals surface area (Å²) in [4.78, 5) is 24.5. The van der Waals surface area contributed by atoms with Crippen molar-refractivity contribution in [1.29, 1.82) is 0 Å². The lowest BCUT2D eigenvalue weighted by atomic mass is 9.69. The number of esters is 1. The van der Waals surface area contributed by atoms with Crippen molar-refractivity contribution < 1.29 is 19.1 Å². The molecule has 2 saturated carbocycles. The van der Waals surface area contributed by atoms with Gasteiger partial charge in [-0.25, -0.2) is 0 Å². The Morgan fingerprint density at radius 3 is 3.18 bits per heavy atom. The van der Waals surface area contributed by atoms with Crippen molar-refractivity contribution in [3.8, 4) is 0 Å². The van der Waals surface area contributed by atoms with Gasteiger partial charge in [0.1, 0.15) is 17.6 Å². The summed E-state index contributed by atoms with van der Waals surface area (Å²) in [6.07, 6.45) is 4.54. The third kappa shape index (κ3) is 0.876. The van der Waals surface area contributed by atoms with Gasteiger partial charge in [0.25, 0.3) is 0 Å². The van der Waals surface area contributed by atoms with Crippen LogP contribution in [0.1, 0.15) is 13.3 Å². The number of epoxide rings is 1. The molecule has 0 amide bonds. The first kappa shape index (κ1) is 9.83. The zero-order valence-electron chi connectivity index (χ0n) is 9.59. The molecule has 4 nitrogen and oxygen atoms in total. The maximum atomic E-state index is 12.3. The first-order valence-corrected chi connectivity index (χ1v) is 6.26. The smallest absolute Gasteiger partial charge is 0.316 e. The van der Waals surface area contributed by atoms with Crippen LogP contribution in [0.4, 0.5) is 0 Å². The Morgan fingerprint density at radius 2 is 2.41 bits per heavy atom. The Hall–Kier alpha value is -1.16. The van der Waals surface area contributed by atoms with Gasteiger partial charge in [-0.15, -0.1) is 0 Å². The molecule has 1 saturated heterocycles. The van der Waals surface area contributed by atoms with E-state index in [0.29, 0.717) is 6.61 Å². The predicted molar refractivity (Wildman–Crippen MR) is 57.0 cm³/mol. The third-order valence-electron chi connectivity index (χ3n) is 4.85. The Bertz CT molecular complexity index is 454. The molecular formula is C13H14O4. The third-order valence-corrected chi connectivity index (χ3v) is 4.85. The summed E-state index contributed by atoms with van der Waals surface area (Å²) in [6, 6.07) is 0. The van der Waals surface area contributed by atoms with Crippen LogP contribution >= 0.6 is 0 Å². The van der Waals surface area contributed by atoms with Crippen LogP contribution in [0.3, 0.4) is 0 Å². The van der Waals surface area contributed by atoms with Gasteiger partial charge in [0.15, 0.2) is 5.78 Å². The molecule has 1 aliphatic heterocycles. The molecule has 17 heavy (non-hydrogen) atoms. The Balaban J connectivity index is 1.83. The van der Waals surface area contributed by atoms with Gasteiger partial charge in [0.2, 0.25) is 0 Å². The number of allylic oxidation sites excluding steroid dienone is 2. The van der Waals surface area contributed by atoms with E-state index in [1.807, 2.05) is 0 Å². The molecule has 0 radical (unpaired) electrons. The Kier molecular flexibility index (Phi) is 1.62. The van der Waals surface area contributed by atoms with E-state index in [1.165, 1.54) is 0 Å². The van der Waals surface area contributed by atoms with Crippen LogP contribution in [-0.2, 0) is 19.1 Å². The quantitative estimate of drug-likeness (QED) is 0.401. The lowest BCUT2D eigenvalue weighted by Gasteiger charge is -2.34. The Morgan fingerprint density at radius 1 is 1.59 bits per heavy atom. The summed E-state index contributed by atoms with van der Waals surface area (Å²) in [6.45, 7) is 2.16. The molecule has 0 aromatic carbocycles. The van der Waals surface area contributed by atoms with Gasteiger partial charge in [-0.3, -0.25) is 9.59 Å². The van der Waals surface area contributed by atoms with E-state index in [2.05, 4.69) is 12.2 Å². The second kappa shape index (κ2) is 2.80. The monoisotopic (exact) mass is 234 g/mol. The first-order valence-electron chi connectivity index (χ1n) is 6.26. The lowest BCUT2D eigenvalue weighted by Crippen LogP contribution is -2.46. The Labute approximate surface area is 99.0 Å². The number of ketones is 1. The maximum absolute atomic E-state index is 12.3. The maximum Gasteiger partial charge on any atom is 0.316 e. The molecule has 4 aliphatic rings. The number of fused-ring (bicyclic) bond motifs is 7. The molecule has 0 N–H and O–H groups in total. The molecule has 0 spiro atoms. The fourth-order valence-corrected chi connectivity index (χ4v) is 4.27. The van der Waals surface area contributed by atoms with Crippen molar-refractivity contribution in [2.75, 3.05) is 6.61 Å². The summed E-state index contributed by atoms with van der Waals surface area (Å²) < 4.78 is 10.6. The first-order chi connectivity index (χ1) is 8.21. The summed E-state index contributed by atoms with van der Waals surface area (Å²) in [5.74, 6) is 0.0895. The standard InChI is InChI=1S/C13H14O4/c1-2-16-12(15)13-7-4-3-6(5-7)8(13)9(14)10-11(13)17-10/h3-4,6-8,10-11H,2,5H2,1H3/t6?,7?,8?,10?,11?,13-/m1/s1. The van der Waals surface area contributed by atoms with Gasteiger partial charge in [-0.05, 0) is 25.2 Å². The molecule has 0 aromatic rings. The van der Waals surface area contributed by atoms with Crippen molar-refractivity contribution in [3.63, 3.8) is 0 Å². The van der Waals surface area contributed by atoms with Gasteiger partial charge in [0.05, 0.1) is 6.61 Å². The minimum absolute atomic E-state index is 0.125. The highest BCUT2D eigenvalue weighted by atomic mass is 16.6. The van der Waals surface area contributed by atoms with Gasteiger partial charge < -0.3 is 9.47 Å². The van der Waals surface area contributed by atoms with Crippen LogP contribution in [0.2, 0.25) is 0 Å². The number of rotatable bonds is 2. The van der Waals surface area contributed by atoms with Crippen molar-refractivity contribution >= 4 is 11.8 Å². The zero-order chi connectivity index (χ0) is 11.8. The largest absolute Gasteiger partial charge is 0.465 e. The minimum Gasteiger partial charge on any atom is -0.465 e. The van der Waals surface area contributed by atoms with Gasteiger partial charge >= 0.3 is 5.97 Å². The normalized spacial score (nSPS) is 52.5. The minimum atomic E-state index is -0.683. The van der Waals surface area contributed by atoms with Gasteiger partial charge in [-0.1, -0.05) is 12.2 Å². The van der Waals surface area contributed by atoms with Crippen LogP contribution in [0.5, 0.6) is 0 Å². The summed E-state index contributed by atoms with van der Waals surface area (Å²) >= 11 is 0. The van der Waals surface area contributed by atoms with Crippen LogP contribution in [0.15, 0.2) is 12.2 Å². The molecule has 1 heterocycles. The topological polar surface area (TPSA) is 55.9 Å². The van der Waals surface area contributed by atoms with Crippen molar-refractivity contribution in [2.24, 2.45) is 23.2 Å². The number of hydrogen-bond acceptors (Lipinski definition) is 4. The van der Waals surface area contributed by atoms with E-state index in [0.717, 1.165) is 6.42 Å². The number of hydrogen-bond donors (Lipinski definition) is 0. The fourth-order valence-electron chi connectivity index (χ4n) is 4.27. The predicted octanol–water partition coefficient (Wildman–Crippen LogP) is 0.708. The fraction of sp³-hybridized carbons (Fsp3) is 0.692. The van der Waals surface area contributed by atoms with E-state index in [4.69, 9.17) is 9.47 Å². The molecule has 6 atom stereocenters. The molecule has 90 valence electrons. The zero-order valence-corrected chi connectivity index (χ0v) is 9.59. The van der Waals surface area contributed by atoms with Gasteiger partial charge in [0, 0.05) is 5.92 Å². The van der Waals surface area contributed by atoms with E-state index in [-0.39, 0.29) is 41.7 Å². The average molecular weight is 234 g/mol. The van der Waals surface area contributed by atoms with Crippen molar-refractivity contribution in [3.05, 3.63) is 12.2 Å². The molecule has 0 aromatic heterocycles. The van der Waals surface area contributed by atoms with Crippen molar-refractivity contribution in [1.82, 2.24) is 0 Å². The van der Waals surface area contributed by atoms with E-state index in [9.17, 15) is 9.59 Å². The molecule has 4 heteroatoms. The average Bonchev–Trinajstić information content (AvgIpc) is 2.75. The van der Waals surface area contributed by atoms with Gasteiger partial charge in [-0.2, -0.15) is 0 Å². The van der Waals surface area contributed by atoms with E-state index in [1.54, 1.807) is 6.92 Å². The van der Waals surface area contributed by atoms with Crippen LogP contribution < -0.4 is 0 Å². The number of Topliss-reactive ketones (excluding diaryl/α,β-unsaturated/α-hetero) is 1. The summed E-state index contributed by atoms with van der Waals surface area (Å²) in [7, 11) is 0. The van der Waals surface area contributed by atoms with Crippen molar-refractivity contribution in [2.45, 2.75) is 25.6 Å². The summed E-state index contributed by atoms with van der Waals surface area (Å²) in [5, 5.41) is 0. The highest BCUT2D eigenvalue weighted by molar-refractivity contribution is 6.01. The van der Waals surface area contributed by atoms with Crippen LogP contribution in [0.25, 0.3) is 0 Å². The number of carbonyl (C=O) groups excluding carboxylic acids is 2. The molecule has 3 aliphatic carbocycles. The number of carbonyl (C=O) groups is 2. The second-order valence-electron chi connectivity index (χ2n) is 5.40. The second-order valence-corrected chi connectivity index (χ2v) is 5.40. The lowest BCUT2D eigenvalue weighted by molar-refractivity contribution is -0.164. The number of ether oxygens (including phenoxy) is 2. The molecule has 3 fully saturated rings. The van der Waals surface area contributed by atoms with E-state index >= 15 is 0 Å². The molecule has 5 unspecified atom stereocenters. The van der Waals surface area contributed by atoms with Crippen LogP contribution in [-0.4, -0.2) is 30.6 Å². The molecular weight excluding hydrogens is 220 g/mol. The molecule has 4 rings (SSSR count). The van der Waals surface area contributed by atoms with Crippen LogP contribution in [0, 0.1) is 23.2 Å².